The number of benzene rings is 1. The van der Waals surface area contributed by atoms with E-state index in [1.54, 1.807) is 0 Å². The molecule has 0 atom stereocenters. The molecule has 0 aliphatic carbocycles. The molecule has 1 aromatic rings. The molecular weight excluding hydrogens is 378 g/mol. The molecule has 3 aliphatic heterocycles. The number of hydrogen-bond donors (Lipinski definition) is 1. The highest BCUT2D eigenvalue weighted by molar-refractivity contribution is 5.90. The van der Waals surface area contributed by atoms with Gasteiger partial charge in [-0.15, -0.1) is 0 Å². The van der Waals surface area contributed by atoms with Crippen LogP contribution >= 0.6 is 0 Å². The fourth-order valence-electron chi connectivity index (χ4n) is 5.11. The van der Waals surface area contributed by atoms with Crippen LogP contribution in [0.1, 0.15) is 56.1 Å². The van der Waals surface area contributed by atoms with E-state index < -0.39 is 0 Å². The van der Waals surface area contributed by atoms with Gasteiger partial charge in [0.1, 0.15) is 0 Å². The zero-order chi connectivity index (χ0) is 21.1. The summed E-state index contributed by atoms with van der Waals surface area (Å²) in [6.45, 7) is 7.83. The minimum absolute atomic E-state index is 0.0321. The van der Waals surface area contributed by atoms with E-state index >= 15 is 0 Å². The second kappa shape index (κ2) is 8.96. The minimum Gasteiger partial charge on any atom is -0.375 e. The minimum atomic E-state index is -0.0658. The number of aryl methyl sites for hydroxylation is 1. The molecule has 3 heterocycles. The highest BCUT2D eigenvalue weighted by Crippen LogP contribution is 2.35. The Morgan fingerprint density at radius 3 is 2.40 bits per heavy atom. The summed E-state index contributed by atoms with van der Waals surface area (Å²) < 4.78 is 6.10. The maximum Gasteiger partial charge on any atom is 0.321 e. The van der Waals surface area contributed by atoms with E-state index in [2.05, 4.69) is 5.32 Å². The van der Waals surface area contributed by atoms with Crippen LogP contribution < -0.4 is 5.32 Å². The molecule has 0 aromatic heterocycles. The van der Waals surface area contributed by atoms with Crippen LogP contribution in [0.5, 0.6) is 0 Å². The first-order valence-corrected chi connectivity index (χ1v) is 11.5. The standard InChI is InChI=1S/C24H35N3O3/c1-18-6-5-7-21(19(18)2)25-23(29)27-13-8-20(9-14-27)22(28)26-15-11-24(12-16-26)10-3-4-17-30-24/h5-7,20H,3-4,8-17H2,1-2H3,(H,25,29). The first-order valence-electron chi connectivity index (χ1n) is 11.5. The lowest BCUT2D eigenvalue weighted by atomic mass is 9.84. The number of likely N-dealkylation sites (tertiary alicyclic amines) is 2. The quantitative estimate of drug-likeness (QED) is 0.794. The molecule has 0 radical (unpaired) electrons. The van der Waals surface area contributed by atoms with Gasteiger partial charge in [-0.2, -0.15) is 0 Å². The summed E-state index contributed by atoms with van der Waals surface area (Å²) in [5, 5.41) is 3.04. The van der Waals surface area contributed by atoms with Gasteiger partial charge in [-0.25, -0.2) is 4.79 Å². The summed E-state index contributed by atoms with van der Waals surface area (Å²) in [7, 11) is 0. The molecule has 1 spiro atoms. The molecule has 4 rings (SSSR count). The van der Waals surface area contributed by atoms with Gasteiger partial charge in [0.05, 0.1) is 5.60 Å². The van der Waals surface area contributed by atoms with Crippen LogP contribution in [0.4, 0.5) is 10.5 Å². The fourth-order valence-corrected chi connectivity index (χ4v) is 5.11. The summed E-state index contributed by atoms with van der Waals surface area (Å²) >= 11 is 0. The van der Waals surface area contributed by atoms with Crippen molar-refractivity contribution in [3.63, 3.8) is 0 Å². The van der Waals surface area contributed by atoms with Gasteiger partial charge in [-0.1, -0.05) is 12.1 Å². The number of hydrogen-bond acceptors (Lipinski definition) is 3. The number of urea groups is 1. The highest BCUT2D eigenvalue weighted by atomic mass is 16.5. The molecule has 6 heteroatoms. The number of piperidine rings is 2. The smallest absolute Gasteiger partial charge is 0.321 e. The second-order valence-corrected chi connectivity index (χ2v) is 9.25. The van der Waals surface area contributed by atoms with Crippen molar-refractivity contribution >= 4 is 17.6 Å². The van der Waals surface area contributed by atoms with Crippen molar-refractivity contribution in [2.45, 2.75) is 64.4 Å². The van der Waals surface area contributed by atoms with Crippen molar-refractivity contribution in [2.24, 2.45) is 5.92 Å². The average molecular weight is 414 g/mol. The summed E-state index contributed by atoms with van der Waals surface area (Å²) in [5.41, 5.74) is 3.16. The maximum absolute atomic E-state index is 13.0. The third-order valence-electron chi connectivity index (χ3n) is 7.40. The molecule has 1 N–H and O–H groups in total. The molecule has 3 amide bonds. The van der Waals surface area contributed by atoms with Crippen LogP contribution in [-0.4, -0.2) is 60.1 Å². The van der Waals surface area contributed by atoms with Gasteiger partial charge >= 0.3 is 6.03 Å². The van der Waals surface area contributed by atoms with Crippen molar-refractivity contribution in [1.29, 1.82) is 0 Å². The molecule has 0 unspecified atom stereocenters. The zero-order valence-corrected chi connectivity index (χ0v) is 18.4. The number of ether oxygens (including phenoxy) is 1. The van der Waals surface area contributed by atoms with E-state index in [4.69, 9.17) is 4.74 Å². The van der Waals surface area contributed by atoms with Crippen molar-refractivity contribution in [3.8, 4) is 0 Å². The maximum atomic E-state index is 13.0. The third-order valence-corrected chi connectivity index (χ3v) is 7.40. The molecule has 1 aromatic carbocycles. The van der Waals surface area contributed by atoms with Gasteiger partial charge in [-0.05, 0) is 76.0 Å². The lowest BCUT2D eigenvalue weighted by Crippen LogP contribution is -2.52. The van der Waals surface area contributed by atoms with Gasteiger partial charge in [0.15, 0.2) is 0 Å². The van der Waals surface area contributed by atoms with Crippen molar-refractivity contribution in [2.75, 3.05) is 38.1 Å². The van der Waals surface area contributed by atoms with Crippen molar-refractivity contribution in [1.82, 2.24) is 9.80 Å². The molecule has 0 saturated carbocycles. The van der Waals surface area contributed by atoms with Crippen LogP contribution in [-0.2, 0) is 9.53 Å². The number of amides is 3. The molecule has 3 fully saturated rings. The Morgan fingerprint density at radius 1 is 1.00 bits per heavy atom. The first kappa shape index (κ1) is 21.2. The number of nitrogens with one attached hydrogen (secondary N) is 1. The van der Waals surface area contributed by atoms with Gasteiger partial charge in [0.25, 0.3) is 0 Å². The van der Waals surface area contributed by atoms with Crippen molar-refractivity contribution < 1.29 is 14.3 Å². The summed E-state index contributed by atoms with van der Waals surface area (Å²) in [5.74, 6) is 0.311. The van der Waals surface area contributed by atoms with Crippen LogP contribution in [0.15, 0.2) is 18.2 Å². The fraction of sp³-hybridized carbons (Fsp3) is 0.667. The van der Waals surface area contributed by atoms with Crippen LogP contribution in [0.2, 0.25) is 0 Å². The van der Waals surface area contributed by atoms with Crippen LogP contribution in [0.3, 0.4) is 0 Å². The Morgan fingerprint density at radius 2 is 1.73 bits per heavy atom. The van der Waals surface area contributed by atoms with E-state index in [1.165, 1.54) is 18.4 Å². The molecule has 30 heavy (non-hydrogen) atoms. The van der Waals surface area contributed by atoms with E-state index in [0.717, 1.165) is 63.1 Å². The summed E-state index contributed by atoms with van der Waals surface area (Å²) in [6.07, 6.45) is 6.99. The van der Waals surface area contributed by atoms with Gasteiger partial charge in [0.2, 0.25) is 5.91 Å². The van der Waals surface area contributed by atoms with Crippen molar-refractivity contribution in [3.05, 3.63) is 29.3 Å². The van der Waals surface area contributed by atoms with E-state index in [0.29, 0.717) is 13.1 Å². The van der Waals surface area contributed by atoms with E-state index in [9.17, 15) is 9.59 Å². The van der Waals surface area contributed by atoms with Crippen LogP contribution in [0.25, 0.3) is 0 Å². The Bertz CT molecular complexity index is 770. The number of rotatable bonds is 2. The van der Waals surface area contributed by atoms with Gasteiger partial charge in [-0.3, -0.25) is 4.79 Å². The number of carbonyl (C=O) groups is 2. The lowest BCUT2D eigenvalue weighted by molar-refractivity contribution is -0.147. The highest BCUT2D eigenvalue weighted by Gasteiger charge is 2.39. The molecular formula is C24H35N3O3. The molecule has 3 aliphatic rings. The monoisotopic (exact) mass is 413 g/mol. The van der Waals surface area contributed by atoms with E-state index in [1.807, 2.05) is 41.8 Å². The second-order valence-electron chi connectivity index (χ2n) is 9.25. The molecule has 3 saturated heterocycles. The van der Waals surface area contributed by atoms with E-state index in [-0.39, 0.29) is 23.5 Å². The topological polar surface area (TPSA) is 61.9 Å². The number of anilines is 1. The Balaban J connectivity index is 1.25. The SMILES string of the molecule is Cc1cccc(NC(=O)N2CCC(C(=O)N3CCC4(CCCCO4)CC3)CC2)c1C. The first-order chi connectivity index (χ1) is 14.5. The number of nitrogens with zero attached hydrogens (tertiary/aromatic N) is 2. The normalized spacial score (nSPS) is 22.2. The van der Waals surface area contributed by atoms with Gasteiger partial charge < -0.3 is 19.9 Å². The predicted octanol–water partition coefficient (Wildman–Crippen LogP) is 4.11. The zero-order valence-electron chi connectivity index (χ0n) is 18.4. The lowest BCUT2D eigenvalue weighted by Gasteiger charge is -2.45. The Labute approximate surface area is 179 Å². The van der Waals surface area contributed by atoms with Gasteiger partial charge in [0, 0.05) is 44.4 Å². The third kappa shape index (κ3) is 4.48. The average Bonchev–Trinajstić information content (AvgIpc) is 2.78. The largest absolute Gasteiger partial charge is 0.375 e. The molecule has 6 nitrogen and oxygen atoms in total. The number of carbonyl (C=O) groups excluding carboxylic acids is 2. The Kier molecular flexibility index (Phi) is 6.32. The Hall–Kier alpha value is -2.08. The summed E-state index contributed by atoms with van der Waals surface area (Å²) in [6, 6.07) is 5.88. The predicted molar refractivity (Wildman–Crippen MR) is 118 cm³/mol. The molecule has 164 valence electrons. The molecule has 0 bridgehead atoms. The summed E-state index contributed by atoms with van der Waals surface area (Å²) in [4.78, 5) is 29.6. The van der Waals surface area contributed by atoms with Crippen LogP contribution in [0, 0.1) is 19.8 Å².